The average Bonchev–Trinajstić information content (AvgIpc) is 2.80. The molecule has 0 bridgehead atoms. The highest BCUT2D eigenvalue weighted by Gasteiger charge is 2.22. The number of para-hydroxylation sites is 1. The second kappa shape index (κ2) is 7.81. The van der Waals surface area contributed by atoms with E-state index in [1.54, 1.807) is 4.68 Å². The van der Waals surface area contributed by atoms with Crippen molar-refractivity contribution in [3.8, 4) is 11.6 Å². The fraction of sp³-hybridized carbons (Fsp3) is 0.444. The number of hydrogen-bond acceptors (Lipinski definition) is 4. The Morgan fingerprint density at radius 3 is 2.57 bits per heavy atom. The molecule has 5 heteroatoms. The van der Waals surface area contributed by atoms with Gasteiger partial charge < -0.3 is 9.47 Å². The summed E-state index contributed by atoms with van der Waals surface area (Å²) in [6.07, 6.45) is 1.88. The number of carbonyl (C=O) groups is 1. The van der Waals surface area contributed by atoms with Gasteiger partial charge in [0, 0.05) is 12.5 Å². The van der Waals surface area contributed by atoms with Crippen molar-refractivity contribution in [2.24, 2.45) is 0 Å². The maximum atomic E-state index is 11.4. The van der Waals surface area contributed by atoms with Crippen LogP contribution < -0.4 is 9.47 Å². The minimum atomic E-state index is -0.339. The molecule has 0 aliphatic heterocycles. The number of carbonyl (C=O) groups excluding carboxylic acids is 1. The van der Waals surface area contributed by atoms with Gasteiger partial charge in [0.15, 0.2) is 0 Å². The first-order valence-corrected chi connectivity index (χ1v) is 7.94. The summed E-state index contributed by atoms with van der Waals surface area (Å²) in [4.78, 5) is 11.4. The molecule has 0 aliphatic rings. The Bertz CT molecular complexity index is 650. The van der Waals surface area contributed by atoms with Crippen LogP contribution in [0.15, 0.2) is 30.3 Å². The van der Waals surface area contributed by atoms with Crippen LogP contribution in [0.5, 0.6) is 11.6 Å². The first kappa shape index (κ1) is 17.1. The summed E-state index contributed by atoms with van der Waals surface area (Å²) in [5, 5.41) is 4.55. The van der Waals surface area contributed by atoms with E-state index >= 15 is 0 Å². The highest BCUT2D eigenvalue weighted by Crippen LogP contribution is 2.28. The predicted octanol–water partition coefficient (Wildman–Crippen LogP) is 3.85. The molecule has 2 aromatic rings. The van der Waals surface area contributed by atoms with Crippen LogP contribution in [-0.2, 0) is 4.79 Å². The van der Waals surface area contributed by atoms with Gasteiger partial charge in [0.05, 0.1) is 11.7 Å². The van der Waals surface area contributed by atoms with Crippen LogP contribution in [0.2, 0.25) is 0 Å². The van der Waals surface area contributed by atoms with Crippen molar-refractivity contribution < 1.29 is 14.3 Å². The Kier molecular flexibility index (Phi) is 5.79. The molecule has 1 atom stereocenters. The zero-order valence-corrected chi connectivity index (χ0v) is 14.2. The van der Waals surface area contributed by atoms with Crippen LogP contribution in [0.4, 0.5) is 0 Å². The lowest BCUT2D eigenvalue weighted by molar-refractivity contribution is -0.132. The van der Waals surface area contributed by atoms with Crippen molar-refractivity contribution in [3.05, 3.63) is 41.6 Å². The summed E-state index contributed by atoms with van der Waals surface area (Å²) in [6, 6.07) is 9.70. The molecule has 0 saturated heterocycles. The van der Waals surface area contributed by atoms with Gasteiger partial charge in [-0.2, -0.15) is 5.10 Å². The normalized spacial score (nSPS) is 12.0. The number of rotatable bonds is 7. The Morgan fingerprint density at radius 1 is 1.26 bits per heavy atom. The van der Waals surface area contributed by atoms with Crippen molar-refractivity contribution in [2.75, 3.05) is 6.61 Å². The third-order valence-corrected chi connectivity index (χ3v) is 3.72. The summed E-state index contributed by atoms with van der Waals surface area (Å²) < 4.78 is 13.1. The minimum Gasteiger partial charge on any atom is -0.491 e. The fourth-order valence-electron chi connectivity index (χ4n) is 2.43. The van der Waals surface area contributed by atoms with Crippen LogP contribution in [-0.4, -0.2) is 22.4 Å². The van der Waals surface area contributed by atoms with Gasteiger partial charge in [-0.1, -0.05) is 31.5 Å². The number of hydrogen-bond donors (Lipinski definition) is 0. The molecule has 0 aliphatic carbocycles. The van der Waals surface area contributed by atoms with E-state index in [1.165, 1.54) is 6.92 Å². The van der Waals surface area contributed by atoms with E-state index in [2.05, 4.69) is 12.0 Å². The molecule has 23 heavy (non-hydrogen) atoms. The second-order valence-corrected chi connectivity index (χ2v) is 5.62. The average molecular weight is 316 g/mol. The molecular formula is C18H24N2O3. The second-order valence-electron chi connectivity index (χ2n) is 5.62. The number of nitrogens with zero attached hydrogens (tertiary/aromatic N) is 2. The van der Waals surface area contributed by atoms with Crippen molar-refractivity contribution in [1.82, 2.24) is 9.78 Å². The standard InChI is InChI=1S/C18H24N2O3/c1-5-9-16(12-22-17-10-7-6-8-11-17)20-18(23-15(4)21)13(2)14(3)19-20/h6-8,10-11,16H,5,9,12H2,1-4H3. The third-order valence-electron chi connectivity index (χ3n) is 3.72. The predicted molar refractivity (Wildman–Crippen MR) is 88.9 cm³/mol. The highest BCUT2D eigenvalue weighted by molar-refractivity contribution is 5.69. The summed E-state index contributed by atoms with van der Waals surface area (Å²) in [6.45, 7) is 7.83. The number of ether oxygens (including phenoxy) is 2. The van der Waals surface area contributed by atoms with E-state index in [4.69, 9.17) is 9.47 Å². The molecular weight excluding hydrogens is 292 g/mol. The molecule has 0 N–H and O–H groups in total. The Labute approximate surface area is 137 Å². The molecule has 5 nitrogen and oxygen atoms in total. The minimum absolute atomic E-state index is 0.0157. The first-order chi connectivity index (χ1) is 11.0. The van der Waals surface area contributed by atoms with E-state index in [9.17, 15) is 4.79 Å². The monoisotopic (exact) mass is 316 g/mol. The lowest BCUT2D eigenvalue weighted by Gasteiger charge is -2.19. The third kappa shape index (κ3) is 4.34. The summed E-state index contributed by atoms with van der Waals surface area (Å²) >= 11 is 0. The van der Waals surface area contributed by atoms with Crippen molar-refractivity contribution in [2.45, 2.75) is 46.6 Å². The van der Waals surface area contributed by atoms with E-state index in [1.807, 2.05) is 44.2 Å². The quantitative estimate of drug-likeness (QED) is 0.728. The molecule has 124 valence electrons. The summed E-state index contributed by atoms with van der Waals surface area (Å²) in [5.41, 5.74) is 1.75. The zero-order valence-electron chi connectivity index (χ0n) is 14.2. The molecule has 0 amide bonds. The van der Waals surface area contributed by atoms with Crippen molar-refractivity contribution in [3.63, 3.8) is 0 Å². The fourth-order valence-corrected chi connectivity index (χ4v) is 2.43. The van der Waals surface area contributed by atoms with Crippen molar-refractivity contribution in [1.29, 1.82) is 0 Å². The van der Waals surface area contributed by atoms with E-state index in [0.717, 1.165) is 29.8 Å². The number of benzene rings is 1. The maximum Gasteiger partial charge on any atom is 0.309 e. The number of aromatic nitrogens is 2. The molecule has 0 fully saturated rings. The Balaban J connectivity index is 2.23. The Morgan fingerprint density at radius 2 is 1.96 bits per heavy atom. The molecule has 0 spiro atoms. The van der Waals surface area contributed by atoms with Crippen LogP contribution in [0, 0.1) is 13.8 Å². The van der Waals surface area contributed by atoms with E-state index in [0.29, 0.717) is 12.5 Å². The van der Waals surface area contributed by atoms with Gasteiger partial charge in [-0.3, -0.25) is 4.79 Å². The molecule has 2 rings (SSSR count). The van der Waals surface area contributed by atoms with Crippen LogP contribution in [0.3, 0.4) is 0 Å². The zero-order chi connectivity index (χ0) is 16.8. The first-order valence-electron chi connectivity index (χ1n) is 7.94. The van der Waals surface area contributed by atoms with Gasteiger partial charge in [0.25, 0.3) is 0 Å². The summed E-state index contributed by atoms with van der Waals surface area (Å²) in [7, 11) is 0. The molecule has 1 unspecified atom stereocenters. The van der Waals surface area contributed by atoms with Gasteiger partial charge in [-0.05, 0) is 32.4 Å². The molecule has 1 heterocycles. The number of aryl methyl sites for hydroxylation is 1. The smallest absolute Gasteiger partial charge is 0.309 e. The van der Waals surface area contributed by atoms with E-state index < -0.39 is 0 Å². The van der Waals surface area contributed by atoms with Crippen LogP contribution >= 0.6 is 0 Å². The SMILES string of the molecule is CCCC(COc1ccccc1)n1nc(C)c(C)c1OC(C)=O. The maximum absolute atomic E-state index is 11.4. The van der Waals surface area contributed by atoms with Gasteiger partial charge in [0.2, 0.25) is 5.88 Å². The number of esters is 1. The molecule has 1 aromatic heterocycles. The lowest BCUT2D eigenvalue weighted by Crippen LogP contribution is -2.21. The summed E-state index contributed by atoms with van der Waals surface area (Å²) in [5.74, 6) is 1.00. The topological polar surface area (TPSA) is 53.4 Å². The van der Waals surface area contributed by atoms with Gasteiger partial charge in [-0.25, -0.2) is 4.68 Å². The van der Waals surface area contributed by atoms with Gasteiger partial charge in [-0.15, -0.1) is 0 Å². The van der Waals surface area contributed by atoms with Crippen LogP contribution in [0.1, 0.15) is 44.0 Å². The Hall–Kier alpha value is -2.30. The largest absolute Gasteiger partial charge is 0.491 e. The lowest BCUT2D eigenvalue weighted by atomic mass is 10.2. The highest BCUT2D eigenvalue weighted by atomic mass is 16.5. The van der Waals surface area contributed by atoms with Gasteiger partial charge >= 0.3 is 5.97 Å². The van der Waals surface area contributed by atoms with Crippen LogP contribution in [0.25, 0.3) is 0 Å². The van der Waals surface area contributed by atoms with Gasteiger partial charge in [0.1, 0.15) is 12.4 Å². The molecule has 1 aromatic carbocycles. The van der Waals surface area contributed by atoms with Crippen molar-refractivity contribution >= 4 is 5.97 Å². The molecule has 0 radical (unpaired) electrons. The van der Waals surface area contributed by atoms with E-state index in [-0.39, 0.29) is 12.0 Å². The molecule has 0 saturated carbocycles.